The number of aryl methyl sites for hydroxylation is 6. The van der Waals surface area contributed by atoms with E-state index in [9.17, 15) is 0 Å². The molecule has 0 fully saturated rings. The van der Waals surface area contributed by atoms with E-state index in [1.807, 2.05) is 0 Å². The van der Waals surface area contributed by atoms with Crippen molar-refractivity contribution in [2.75, 3.05) is 29.4 Å². The molecule has 12 aromatic rings. The molecule has 0 spiro atoms. The van der Waals surface area contributed by atoms with Crippen molar-refractivity contribution < 1.29 is 0 Å². The van der Waals surface area contributed by atoms with Crippen molar-refractivity contribution in [3.05, 3.63) is 264 Å². The van der Waals surface area contributed by atoms with Crippen LogP contribution in [0.15, 0.2) is 231 Å². The van der Waals surface area contributed by atoms with E-state index < -0.39 is 28.7 Å². The van der Waals surface area contributed by atoms with E-state index in [1.54, 1.807) is 0 Å². The van der Waals surface area contributed by atoms with Crippen LogP contribution in [-0.2, 0) is 0 Å². The zero-order valence-corrected chi connectivity index (χ0v) is 52.6. The maximum atomic E-state index is 2.71. The van der Waals surface area contributed by atoms with Gasteiger partial charge in [-0.15, -0.1) is 0 Å². The first-order valence-electron chi connectivity index (χ1n) is 29.6. The Hall–Kier alpha value is -9.21. The number of benzene rings is 12. The summed E-state index contributed by atoms with van der Waals surface area (Å²) >= 11 is -6.30. The standard InChI is InChI=1S/C76H58Ge2N6/c1-45-19-31-51(32-20-45)79-59-11-7-15-63-69(59)77-71-61(79)13-9-17-65(71)83(55-39-27-49(5)28-40-55)75-57-44-68-74-76(58(57)43-67(73(75)77)81(63)53-35-23-47(3)24-36-53)84(56-41-29-50(6)30-42-56)66-18-10-14-62-72(66)78(74)70-60(80(62)52-33-21-46(2)22-34-52)12-8-16-64(70)82(68)54-37-25-48(4)26-38-54/h7-44,77-78H,1-6H3. The topological polar surface area (TPSA) is 19.4 Å². The molecule has 6 aliphatic rings. The summed E-state index contributed by atoms with van der Waals surface area (Å²) < 4.78 is 9.09. The average molecular weight is 1200 g/mol. The molecule has 0 saturated heterocycles. The van der Waals surface area contributed by atoms with Crippen LogP contribution in [0, 0.1) is 41.5 Å². The number of hydrogen-bond acceptors (Lipinski definition) is 6. The van der Waals surface area contributed by atoms with Gasteiger partial charge in [-0.2, -0.15) is 0 Å². The maximum absolute atomic E-state index is 3.15. The molecule has 0 bridgehead atoms. The molecular weight excluding hydrogens is 1140 g/mol. The first-order chi connectivity index (χ1) is 41.2. The van der Waals surface area contributed by atoms with Gasteiger partial charge in [0.1, 0.15) is 0 Å². The quantitative estimate of drug-likeness (QED) is 0.153. The molecule has 6 nitrogen and oxygen atoms in total. The summed E-state index contributed by atoms with van der Waals surface area (Å²) in [7, 11) is 0. The molecule has 84 heavy (non-hydrogen) atoms. The van der Waals surface area contributed by atoms with E-state index in [0.29, 0.717) is 0 Å². The van der Waals surface area contributed by atoms with Crippen LogP contribution in [0.5, 0.6) is 0 Å². The SMILES string of the molecule is Cc1ccc(N2c3cccc4[c]3[GeH]3[c]5c2cccc5N(c2ccc(C)cc2)c2[c]3c(cc3c5[c]6c(cc23)N(c2ccc(C)cc2)c2cccc3[c]2[GeH]6[c]2c(cccc2N5c2ccc(C)cc2)N3c2ccc(C)cc2)N4c2ccc(C)cc2)cc1. The van der Waals surface area contributed by atoms with Crippen molar-refractivity contribution >= 4 is 168 Å². The molecule has 2 atom stereocenters. The third kappa shape index (κ3) is 6.58. The van der Waals surface area contributed by atoms with Crippen LogP contribution < -0.4 is 55.8 Å². The van der Waals surface area contributed by atoms with Gasteiger partial charge in [0, 0.05) is 0 Å². The summed E-state index contributed by atoms with van der Waals surface area (Å²) in [6, 6.07) is 89.9. The van der Waals surface area contributed by atoms with Crippen LogP contribution in [0.25, 0.3) is 10.8 Å². The van der Waals surface area contributed by atoms with E-state index >= 15 is 0 Å². The van der Waals surface area contributed by atoms with Gasteiger partial charge in [0.05, 0.1) is 0 Å². The second-order valence-electron chi connectivity index (χ2n) is 24.1. The fourth-order valence-electron chi connectivity index (χ4n) is 15.3. The molecule has 0 aromatic heterocycles. The summed E-state index contributed by atoms with van der Waals surface area (Å²) in [6.45, 7) is 13.2. The Kier molecular flexibility index (Phi) is 10.2. The van der Waals surface area contributed by atoms with Gasteiger partial charge in [0.25, 0.3) is 0 Å². The Labute approximate surface area is 499 Å². The molecule has 12 aromatic carbocycles. The predicted molar refractivity (Wildman–Crippen MR) is 360 cm³/mol. The van der Waals surface area contributed by atoms with Gasteiger partial charge < -0.3 is 0 Å². The minimum absolute atomic E-state index is 1.17. The molecule has 0 saturated carbocycles. The van der Waals surface area contributed by atoms with Crippen molar-refractivity contribution in [1.82, 2.24) is 0 Å². The number of fused-ring (bicyclic) bond motifs is 3. The van der Waals surface area contributed by atoms with Gasteiger partial charge in [-0.1, -0.05) is 0 Å². The van der Waals surface area contributed by atoms with Gasteiger partial charge in [-0.05, 0) is 0 Å². The second-order valence-corrected chi connectivity index (χ2v) is 35.0. The van der Waals surface area contributed by atoms with Crippen LogP contribution in [0.4, 0.5) is 102 Å². The normalized spacial score (nSPS) is 15.8. The number of rotatable bonds is 6. The third-order valence-corrected chi connectivity index (χ3v) is 33.6. The minimum atomic E-state index is -3.15. The molecule has 400 valence electrons. The average Bonchev–Trinajstić information content (AvgIpc) is 0.994. The Bertz CT molecular complexity index is 4460. The van der Waals surface area contributed by atoms with Crippen LogP contribution in [-0.4, -0.2) is 28.7 Å². The molecule has 8 heteroatoms. The van der Waals surface area contributed by atoms with E-state index in [0.717, 1.165) is 0 Å². The Morgan fingerprint density at radius 2 is 0.393 bits per heavy atom. The predicted octanol–water partition coefficient (Wildman–Crippen LogP) is 15.9. The van der Waals surface area contributed by atoms with Crippen molar-refractivity contribution in [3.63, 3.8) is 0 Å². The van der Waals surface area contributed by atoms with Crippen LogP contribution in [0.2, 0.25) is 0 Å². The summed E-state index contributed by atoms with van der Waals surface area (Å²) in [5, 5.41) is 2.56. The van der Waals surface area contributed by atoms with E-state index in [4.69, 9.17) is 0 Å². The number of anilines is 18. The van der Waals surface area contributed by atoms with Crippen LogP contribution in [0.3, 0.4) is 0 Å². The van der Waals surface area contributed by atoms with Crippen LogP contribution >= 0.6 is 0 Å². The third-order valence-electron chi connectivity index (χ3n) is 19.0. The van der Waals surface area contributed by atoms with Gasteiger partial charge in [0.2, 0.25) is 0 Å². The van der Waals surface area contributed by atoms with Crippen molar-refractivity contribution in [2.24, 2.45) is 0 Å². The first-order valence-corrected chi connectivity index (χ1v) is 36.8. The summed E-state index contributed by atoms with van der Waals surface area (Å²) in [5.74, 6) is 0. The molecule has 0 aliphatic carbocycles. The molecule has 0 radical (unpaired) electrons. The monoisotopic (exact) mass is 1200 g/mol. The Balaban J connectivity index is 1.04. The number of nitrogens with zero attached hydrogens (tertiary/aromatic N) is 6. The van der Waals surface area contributed by atoms with Crippen molar-refractivity contribution in [3.8, 4) is 0 Å². The van der Waals surface area contributed by atoms with Gasteiger partial charge in [-0.25, -0.2) is 0 Å². The van der Waals surface area contributed by atoms with E-state index in [2.05, 4.69) is 301 Å². The number of hydrogen-bond donors (Lipinski definition) is 0. The van der Waals surface area contributed by atoms with E-state index in [1.165, 1.54) is 173 Å². The van der Waals surface area contributed by atoms with Gasteiger partial charge in [-0.3, -0.25) is 0 Å². The van der Waals surface area contributed by atoms with Gasteiger partial charge >= 0.3 is 503 Å². The summed E-state index contributed by atoms with van der Waals surface area (Å²) in [5.41, 5.74) is 30.1. The molecule has 0 amide bonds. The first kappa shape index (κ1) is 48.3. The van der Waals surface area contributed by atoms with Crippen molar-refractivity contribution in [2.45, 2.75) is 41.5 Å². The molecular formula is C76H58Ge2N6. The second kappa shape index (κ2) is 17.7. The fourth-order valence-corrected chi connectivity index (χ4v) is 32.1. The zero-order valence-electron chi connectivity index (χ0n) is 47.8. The fraction of sp³-hybridized carbons (Fsp3) is 0.0789. The van der Waals surface area contributed by atoms with Crippen LogP contribution in [0.1, 0.15) is 33.4 Å². The Morgan fingerprint density at radius 3 is 0.619 bits per heavy atom. The van der Waals surface area contributed by atoms with Gasteiger partial charge in [0.15, 0.2) is 0 Å². The molecule has 6 heterocycles. The molecule has 2 unspecified atom stereocenters. The molecule has 18 rings (SSSR count). The van der Waals surface area contributed by atoms with E-state index in [-0.39, 0.29) is 0 Å². The van der Waals surface area contributed by atoms with Crippen molar-refractivity contribution in [1.29, 1.82) is 0 Å². The Morgan fingerprint density at radius 1 is 0.202 bits per heavy atom. The molecule has 0 N–H and O–H groups in total. The molecule has 6 aliphatic heterocycles. The zero-order chi connectivity index (χ0) is 56.0. The summed E-state index contributed by atoms with van der Waals surface area (Å²) in [4.78, 5) is 15.9. The summed E-state index contributed by atoms with van der Waals surface area (Å²) in [6.07, 6.45) is 0.